The Hall–Kier alpha value is -5.23. The van der Waals surface area contributed by atoms with Crippen molar-refractivity contribution in [2.24, 2.45) is 0 Å². The summed E-state index contributed by atoms with van der Waals surface area (Å²) in [6.45, 7) is 0. The van der Waals surface area contributed by atoms with Crippen LogP contribution in [0, 0.1) is 0 Å². The number of thiophene rings is 2. The molecule has 0 bridgehead atoms. The fourth-order valence-corrected chi connectivity index (χ4v) is 8.04. The molecule has 3 nitrogen and oxygen atoms in total. The topological polar surface area (TPSA) is 38.7 Å². The number of hydrogen-bond acceptors (Lipinski definition) is 5. The average molecular weight is 607 g/mol. The van der Waals surface area contributed by atoms with Gasteiger partial charge < -0.3 is 0 Å². The summed E-state index contributed by atoms with van der Waals surface area (Å²) in [5, 5.41) is 4.14. The van der Waals surface area contributed by atoms with E-state index >= 15 is 0 Å². The van der Waals surface area contributed by atoms with Crippen LogP contribution < -0.4 is 0 Å². The van der Waals surface area contributed by atoms with Gasteiger partial charge in [-0.05, 0) is 35.4 Å². The van der Waals surface area contributed by atoms with E-state index in [1.165, 1.54) is 0 Å². The normalized spacial score (nSPS) is 14.5. The third-order valence-corrected chi connectivity index (χ3v) is 10.0. The zero-order valence-electron chi connectivity index (χ0n) is 31.7. The van der Waals surface area contributed by atoms with Crippen LogP contribution in [0.3, 0.4) is 0 Å². The van der Waals surface area contributed by atoms with Gasteiger partial charge in [0, 0.05) is 57.0 Å². The van der Waals surface area contributed by atoms with Gasteiger partial charge in [0.05, 0.1) is 12.3 Å². The van der Waals surface area contributed by atoms with Crippen molar-refractivity contribution in [3.63, 3.8) is 0 Å². The molecule has 0 aliphatic carbocycles. The van der Waals surface area contributed by atoms with Gasteiger partial charge in [-0.15, -0.1) is 22.7 Å². The number of hydrogen-bond donors (Lipinski definition) is 0. The predicted octanol–water partition coefficient (Wildman–Crippen LogP) is 11.3. The second-order valence-corrected chi connectivity index (χ2v) is 12.2. The minimum absolute atomic E-state index is 0.130. The molecule has 0 spiro atoms. The maximum absolute atomic E-state index is 9.17. The summed E-state index contributed by atoms with van der Waals surface area (Å²) in [6.07, 6.45) is 0. The first-order chi connectivity index (χ1) is 25.5. The summed E-state index contributed by atoms with van der Waals surface area (Å²) < 4.78 is 81.9. The number of nitrogens with zero attached hydrogens (tertiary/aromatic N) is 3. The van der Waals surface area contributed by atoms with Crippen molar-refractivity contribution in [1.82, 2.24) is 15.0 Å². The Labute approximate surface area is 274 Å². The monoisotopic (exact) mass is 606 g/mol. The smallest absolute Gasteiger partial charge is 0.165 e. The molecule has 0 radical (unpaired) electrons. The van der Waals surface area contributed by atoms with E-state index in [0.29, 0.717) is 11.1 Å². The molecule has 0 atom stereocenters. The van der Waals surface area contributed by atoms with Gasteiger partial charge >= 0.3 is 0 Å². The van der Waals surface area contributed by atoms with E-state index in [9.17, 15) is 0 Å². The van der Waals surface area contributed by atoms with Gasteiger partial charge in [0.1, 0.15) is 0 Å². The summed E-state index contributed by atoms with van der Waals surface area (Å²) in [7, 11) is 0. The molecule has 9 rings (SSSR count). The van der Waals surface area contributed by atoms with Gasteiger partial charge in [0.15, 0.2) is 17.5 Å². The maximum atomic E-state index is 9.17. The molecule has 44 heavy (non-hydrogen) atoms. The Morgan fingerprint density at radius 3 is 1.43 bits per heavy atom. The molecule has 6 aromatic carbocycles. The van der Waals surface area contributed by atoms with Crippen LogP contribution in [0.2, 0.25) is 0 Å². The Morgan fingerprint density at radius 2 is 0.864 bits per heavy atom. The first-order valence-electron chi connectivity index (χ1n) is 18.3. The third-order valence-electron chi connectivity index (χ3n) is 7.59. The van der Waals surface area contributed by atoms with Crippen molar-refractivity contribution in [1.29, 1.82) is 0 Å². The lowest BCUT2D eigenvalue weighted by atomic mass is 9.99. The van der Waals surface area contributed by atoms with Gasteiger partial charge in [0.2, 0.25) is 0 Å². The number of fused-ring (bicyclic) bond motifs is 6. The molecule has 9 aromatic rings. The molecule has 0 N–H and O–H groups in total. The molecule has 0 aliphatic heterocycles. The van der Waals surface area contributed by atoms with E-state index in [2.05, 4.69) is 12.1 Å². The average Bonchev–Trinajstić information content (AvgIpc) is 3.76. The largest absolute Gasteiger partial charge is 0.208 e. The summed E-state index contributed by atoms with van der Waals surface area (Å²) in [5.41, 5.74) is 0.493. The molecule has 5 heteroatoms. The molecule has 206 valence electrons. The summed E-state index contributed by atoms with van der Waals surface area (Å²) in [4.78, 5) is 14.9. The first-order valence-corrected chi connectivity index (χ1v) is 15.4. The highest BCUT2D eigenvalue weighted by molar-refractivity contribution is 7.26. The van der Waals surface area contributed by atoms with E-state index < -0.39 is 54.4 Å². The number of benzene rings is 6. The molecule has 0 saturated heterocycles. The van der Waals surface area contributed by atoms with Crippen molar-refractivity contribution < 1.29 is 12.3 Å². The predicted molar refractivity (Wildman–Crippen MR) is 187 cm³/mol. The van der Waals surface area contributed by atoms with Gasteiger partial charge in [-0.1, -0.05) is 115 Å². The minimum atomic E-state index is -0.635. The molecule has 0 amide bonds. The maximum Gasteiger partial charge on any atom is 0.165 e. The first kappa shape index (κ1) is 17.8. The van der Waals surface area contributed by atoms with Gasteiger partial charge in [-0.25, -0.2) is 15.0 Å². The SMILES string of the molecule is [2H]c1c([2H])c([2H])c(-c2c([2H])c([2H])c([2H])c([2H])c2-c2nc(-c3cccc4c3sc3ccccc34)nc(-c3cccc4c3sc3ccccc34)n2)c([2H])c1[2H]. The van der Waals surface area contributed by atoms with Crippen molar-refractivity contribution >= 4 is 63.0 Å². The molecule has 0 aliphatic rings. The Kier molecular flexibility index (Phi) is 4.12. The lowest BCUT2D eigenvalue weighted by Gasteiger charge is -2.12. The molecule has 3 aromatic heterocycles. The third kappa shape index (κ3) is 4.05. The molecular formula is C39H23N3S2. The van der Waals surface area contributed by atoms with Crippen LogP contribution in [0.1, 0.15) is 12.3 Å². The van der Waals surface area contributed by atoms with Crippen LogP contribution in [-0.2, 0) is 0 Å². The highest BCUT2D eigenvalue weighted by Crippen LogP contribution is 2.42. The second-order valence-electron chi connectivity index (χ2n) is 10.1. The molecular weight excluding hydrogens is 575 g/mol. The van der Waals surface area contributed by atoms with Crippen LogP contribution in [0.25, 0.3) is 85.6 Å². The molecule has 3 heterocycles. The summed E-state index contributed by atoms with van der Waals surface area (Å²) in [5.74, 6) is 0.370. The summed E-state index contributed by atoms with van der Waals surface area (Å²) in [6, 6.07) is 22.4. The highest BCUT2D eigenvalue weighted by atomic mass is 32.1. The Balaban J connectivity index is 1.42. The van der Waals surface area contributed by atoms with Gasteiger partial charge in [0.25, 0.3) is 0 Å². The van der Waals surface area contributed by atoms with Crippen molar-refractivity contribution in [3.05, 3.63) is 139 Å². The van der Waals surface area contributed by atoms with Crippen LogP contribution >= 0.6 is 22.7 Å². The number of rotatable bonds is 4. The van der Waals surface area contributed by atoms with Crippen molar-refractivity contribution in [2.45, 2.75) is 0 Å². The molecule has 0 fully saturated rings. The highest BCUT2D eigenvalue weighted by Gasteiger charge is 2.20. The van der Waals surface area contributed by atoms with Crippen LogP contribution in [0.15, 0.2) is 139 Å². The van der Waals surface area contributed by atoms with Gasteiger partial charge in [-0.2, -0.15) is 0 Å². The van der Waals surface area contributed by atoms with E-state index in [1.54, 1.807) is 22.7 Å². The van der Waals surface area contributed by atoms with Crippen molar-refractivity contribution in [2.75, 3.05) is 0 Å². The second kappa shape index (κ2) is 10.2. The fourth-order valence-electron chi connectivity index (χ4n) is 5.62. The standard InChI is InChI=1S/C39H23N3S2/c1-2-12-24(13-3-1)25-14-4-5-17-30(25)37-40-38(31-20-10-18-28-26-15-6-8-22-33(26)43-35(28)31)42-39(41-37)32-21-11-19-29-27-16-7-9-23-34(27)44-36(29)32/h1-23H/i1D,2D,3D,4D,5D,12D,13D,14D,17D. The lowest BCUT2D eigenvalue weighted by molar-refractivity contribution is 1.08. The van der Waals surface area contributed by atoms with Crippen LogP contribution in [-0.4, -0.2) is 15.0 Å². The quantitative estimate of drug-likeness (QED) is 0.200. The molecule has 0 unspecified atom stereocenters. The Morgan fingerprint density at radius 1 is 0.409 bits per heavy atom. The van der Waals surface area contributed by atoms with E-state index in [0.717, 1.165) is 40.3 Å². The van der Waals surface area contributed by atoms with E-state index in [1.807, 2.05) is 72.8 Å². The van der Waals surface area contributed by atoms with Crippen molar-refractivity contribution in [3.8, 4) is 45.3 Å². The fraction of sp³-hybridized carbons (Fsp3) is 0. The zero-order chi connectivity index (χ0) is 36.9. The van der Waals surface area contributed by atoms with Crippen LogP contribution in [0.4, 0.5) is 0 Å². The zero-order valence-corrected chi connectivity index (χ0v) is 24.4. The van der Waals surface area contributed by atoms with E-state index in [-0.39, 0.29) is 34.2 Å². The minimum Gasteiger partial charge on any atom is -0.208 e. The number of aromatic nitrogens is 3. The van der Waals surface area contributed by atoms with Gasteiger partial charge in [-0.3, -0.25) is 0 Å². The van der Waals surface area contributed by atoms with Crippen LogP contribution in [0.5, 0.6) is 0 Å². The lowest BCUT2D eigenvalue weighted by Crippen LogP contribution is -2.01. The Bertz CT molecular complexity index is 2870. The summed E-state index contributed by atoms with van der Waals surface area (Å²) >= 11 is 3.16. The van der Waals surface area contributed by atoms with E-state index in [4.69, 9.17) is 27.3 Å². The molecule has 0 saturated carbocycles.